The maximum absolute atomic E-state index is 13.8. The fourth-order valence-corrected chi connectivity index (χ4v) is 5.20. The van der Waals surface area contributed by atoms with E-state index in [0.29, 0.717) is 40.4 Å². The summed E-state index contributed by atoms with van der Waals surface area (Å²) >= 11 is 13.6. The molecular formula is C27H32Cl2N4O4S. The average Bonchev–Trinajstić information content (AvgIpc) is 3.40. The van der Waals surface area contributed by atoms with E-state index >= 15 is 0 Å². The van der Waals surface area contributed by atoms with Crippen LogP contribution in [0.15, 0.2) is 41.8 Å². The van der Waals surface area contributed by atoms with E-state index in [9.17, 15) is 9.59 Å². The molecule has 0 aliphatic heterocycles. The zero-order chi connectivity index (χ0) is 27.8. The predicted molar refractivity (Wildman–Crippen MR) is 154 cm³/mol. The van der Waals surface area contributed by atoms with Gasteiger partial charge in [0.2, 0.25) is 0 Å². The molecule has 1 heterocycles. The Labute approximate surface area is 237 Å². The first kappa shape index (κ1) is 29.7. The van der Waals surface area contributed by atoms with E-state index in [-0.39, 0.29) is 22.2 Å². The van der Waals surface area contributed by atoms with Gasteiger partial charge in [-0.25, -0.2) is 4.98 Å². The number of methoxy groups -OCH3 is 2. The molecule has 0 saturated carbocycles. The van der Waals surface area contributed by atoms with Crippen molar-refractivity contribution >= 4 is 57.2 Å². The van der Waals surface area contributed by atoms with Crippen molar-refractivity contribution in [2.45, 2.75) is 20.8 Å². The summed E-state index contributed by atoms with van der Waals surface area (Å²) in [5, 5.41) is 2.60. The molecule has 0 unspecified atom stereocenters. The number of halogens is 2. The number of aromatic nitrogens is 1. The molecule has 0 aliphatic carbocycles. The number of nitrogens with zero attached hydrogens (tertiary/aromatic N) is 4. The van der Waals surface area contributed by atoms with Crippen LogP contribution in [0, 0.1) is 0 Å². The van der Waals surface area contributed by atoms with Crippen molar-refractivity contribution in [1.29, 1.82) is 0 Å². The summed E-state index contributed by atoms with van der Waals surface area (Å²) in [6, 6.07) is 9.75. The number of likely N-dealkylation sites (N-methyl/N-ethyl adjacent to an activating group) is 2. The van der Waals surface area contributed by atoms with E-state index in [1.54, 1.807) is 40.6 Å². The molecule has 0 spiro atoms. The third-order valence-electron chi connectivity index (χ3n) is 6.14. The van der Waals surface area contributed by atoms with Gasteiger partial charge in [0.15, 0.2) is 16.6 Å². The molecule has 3 aromatic rings. The Hall–Kier alpha value is -2.85. The number of benzene rings is 2. The molecule has 1 aromatic heterocycles. The lowest BCUT2D eigenvalue weighted by Gasteiger charge is -2.25. The fourth-order valence-electron chi connectivity index (χ4n) is 3.89. The quantitative estimate of drug-likeness (QED) is 0.253. The van der Waals surface area contributed by atoms with Crippen molar-refractivity contribution in [1.82, 2.24) is 14.8 Å². The third-order valence-corrected chi connectivity index (χ3v) is 7.52. The van der Waals surface area contributed by atoms with Crippen LogP contribution in [0.2, 0.25) is 10.0 Å². The van der Waals surface area contributed by atoms with Gasteiger partial charge in [-0.3, -0.25) is 14.5 Å². The van der Waals surface area contributed by atoms with Gasteiger partial charge in [-0.2, -0.15) is 0 Å². The second kappa shape index (κ2) is 13.8. The van der Waals surface area contributed by atoms with Crippen molar-refractivity contribution in [2.75, 3.05) is 51.8 Å². The predicted octanol–water partition coefficient (Wildman–Crippen LogP) is 6.25. The minimum atomic E-state index is -0.430. The van der Waals surface area contributed by atoms with Crippen molar-refractivity contribution < 1.29 is 19.1 Å². The van der Waals surface area contributed by atoms with Gasteiger partial charge in [-0.05, 0) is 50.3 Å². The number of thiazole rings is 1. The standard InChI is InChI=1S/C27H32Cl2N4O4S/c1-6-31(7-2)13-14-32(8-3)26(35)22-17-38-27(30-22)33(19-10-12-23(36-4)24(16-19)37-5)25(34)20-11-9-18(28)15-21(20)29/h9-12,15-17H,6-8,13-14H2,1-5H3. The van der Waals surface area contributed by atoms with E-state index in [4.69, 9.17) is 32.7 Å². The lowest BCUT2D eigenvalue weighted by atomic mass is 10.1. The van der Waals surface area contributed by atoms with Crippen LogP contribution < -0.4 is 14.4 Å². The van der Waals surface area contributed by atoms with E-state index < -0.39 is 5.91 Å². The zero-order valence-electron chi connectivity index (χ0n) is 22.2. The topological polar surface area (TPSA) is 75.2 Å². The number of rotatable bonds is 12. The molecule has 3 rings (SSSR count). The first-order valence-corrected chi connectivity index (χ1v) is 13.9. The van der Waals surface area contributed by atoms with Crippen LogP contribution in [0.5, 0.6) is 11.5 Å². The average molecular weight is 580 g/mol. The Morgan fingerprint density at radius 3 is 2.21 bits per heavy atom. The Balaban J connectivity index is 2.01. The number of carbonyl (C=O) groups excluding carboxylic acids is 2. The summed E-state index contributed by atoms with van der Waals surface area (Å²) in [7, 11) is 3.05. The van der Waals surface area contributed by atoms with E-state index in [0.717, 1.165) is 19.6 Å². The zero-order valence-corrected chi connectivity index (χ0v) is 24.5. The molecular weight excluding hydrogens is 547 g/mol. The van der Waals surface area contributed by atoms with Crippen molar-refractivity contribution in [3.8, 4) is 11.5 Å². The number of hydrogen-bond acceptors (Lipinski definition) is 7. The molecule has 38 heavy (non-hydrogen) atoms. The van der Waals surface area contributed by atoms with Crippen LogP contribution in [0.3, 0.4) is 0 Å². The van der Waals surface area contributed by atoms with Crippen LogP contribution in [-0.4, -0.2) is 73.5 Å². The summed E-state index contributed by atoms with van der Waals surface area (Å²) in [4.78, 5) is 37.2. The highest BCUT2D eigenvalue weighted by Crippen LogP contribution is 2.37. The third kappa shape index (κ3) is 6.77. The minimum absolute atomic E-state index is 0.189. The van der Waals surface area contributed by atoms with Crippen LogP contribution in [0.1, 0.15) is 41.6 Å². The molecule has 204 valence electrons. The van der Waals surface area contributed by atoms with Crippen LogP contribution in [0.4, 0.5) is 10.8 Å². The molecule has 2 aromatic carbocycles. The van der Waals surface area contributed by atoms with Crippen LogP contribution >= 0.6 is 34.5 Å². The second-order valence-corrected chi connectivity index (χ2v) is 9.91. The largest absolute Gasteiger partial charge is 0.493 e. The number of ether oxygens (including phenoxy) is 2. The van der Waals surface area contributed by atoms with Crippen LogP contribution in [-0.2, 0) is 0 Å². The van der Waals surface area contributed by atoms with E-state index in [1.165, 1.54) is 36.5 Å². The second-order valence-electron chi connectivity index (χ2n) is 8.23. The van der Waals surface area contributed by atoms with Gasteiger partial charge in [-0.1, -0.05) is 37.0 Å². The smallest absolute Gasteiger partial charge is 0.273 e. The Morgan fingerprint density at radius 1 is 0.895 bits per heavy atom. The molecule has 0 bridgehead atoms. The summed E-state index contributed by atoms with van der Waals surface area (Å²) in [5.41, 5.74) is 0.983. The molecule has 0 radical (unpaired) electrons. The van der Waals surface area contributed by atoms with Crippen LogP contribution in [0.25, 0.3) is 0 Å². The number of amides is 2. The Morgan fingerprint density at radius 2 is 1.61 bits per heavy atom. The van der Waals surface area contributed by atoms with Crippen molar-refractivity contribution in [3.63, 3.8) is 0 Å². The van der Waals surface area contributed by atoms with Gasteiger partial charge in [0.05, 0.1) is 30.5 Å². The summed E-state index contributed by atoms with van der Waals surface area (Å²) < 4.78 is 10.8. The maximum atomic E-state index is 13.8. The summed E-state index contributed by atoms with van der Waals surface area (Å²) in [6.45, 7) is 9.87. The summed E-state index contributed by atoms with van der Waals surface area (Å²) in [5.74, 6) is 0.328. The highest BCUT2D eigenvalue weighted by Gasteiger charge is 2.27. The Kier molecular flexibility index (Phi) is 10.8. The highest BCUT2D eigenvalue weighted by atomic mass is 35.5. The van der Waals surface area contributed by atoms with Crippen molar-refractivity contribution in [3.05, 3.63) is 63.1 Å². The number of carbonyl (C=O) groups is 2. The summed E-state index contributed by atoms with van der Waals surface area (Å²) in [6.07, 6.45) is 0. The van der Waals surface area contributed by atoms with Gasteiger partial charge in [0.25, 0.3) is 11.8 Å². The molecule has 11 heteroatoms. The first-order valence-electron chi connectivity index (χ1n) is 12.3. The monoisotopic (exact) mass is 578 g/mol. The molecule has 0 atom stereocenters. The number of anilines is 2. The van der Waals surface area contributed by atoms with Gasteiger partial charge < -0.3 is 19.3 Å². The van der Waals surface area contributed by atoms with Gasteiger partial charge in [-0.15, -0.1) is 11.3 Å². The van der Waals surface area contributed by atoms with Gasteiger partial charge in [0, 0.05) is 36.1 Å². The van der Waals surface area contributed by atoms with E-state index in [1.807, 2.05) is 6.92 Å². The lowest BCUT2D eigenvalue weighted by Crippen LogP contribution is -2.38. The van der Waals surface area contributed by atoms with Crippen molar-refractivity contribution in [2.24, 2.45) is 0 Å². The molecule has 0 aliphatic rings. The van der Waals surface area contributed by atoms with Gasteiger partial charge in [0.1, 0.15) is 5.69 Å². The Bertz CT molecular complexity index is 1270. The van der Waals surface area contributed by atoms with E-state index in [2.05, 4.69) is 23.7 Å². The first-order chi connectivity index (χ1) is 18.3. The molecule has 0 N–H and O–H groups in total. The fraction of sp³-hybridized carbons (Fsp3) is 0.370. The lowest BCUT2D eigenvalue weighted by molar-refractivity contribution is 0.0741. The minimum Gasteiger partial charge on any atom is -0.493 e. The maximum Gasteiger partial charge on any atom is 0.273 e. The molecule has 2 amide bonds. The van der Waals surface area contributed by atoms with Gasteiger partial charge >= 0.3 is 0 Å². The normalized spacial score (nSPS) is 10.9. The molecule has 0 saturated heterocycles. The molecule has 0 fully saturated rings. The highest BCUT2D eigenvalue weighted by molar-refractivity contribution is 7.14. The number of hydrogen-bond donors (Lipinski definition) is 0. The SMILES string of the molecule is CCN(CC)CCN(CC)C(=O)c1csc(N(C(=O)c2ccc(Cl)cc2Cl)c2ccc(OC)c(OC)c2)n1. The molecule has 8 nitrogen and oxygen atoms in total.